The second kappa shape index (κ2) is 14.8. The molecule has 0 heterocycles. The lowest BCUT2D eigenvalue weighted by atomic mass is 9.96. The highest BCUT2D eigenvalue weighted by Crippen LogP contribution is 2.24. The highest BCUT2D eigenvalue weighted by Gasteiger charge is 2.20. The van der Waals surface area contributed by atoms with E-state index in [4.69, 9.17) is 27.9 Å². The van der Waals surface area contributed by atoms with Crippen molar-refractivity contribution in [3.8, 4) is 0 Å². The topological polar surface area (TPSA) is 87.7 Å². The zero-order valence-electron chi connectivity index (χ0n) is 20.4. The third kappa shape index (κ3) is 9.56. The number of carbonyl (C=O) groups is 1. The third-order valence-corrected chi connectivity index (χ3v) is 8.35. The number of benzene rings is 2. The van der Waals surface area contributed by atoms with Crippen molar-refractivity contribution >= 4 is 39.3 Å². The van der Waals surface area contributed by atoms with Gasteiger partial charge in [0.05, 0.1) is 18.2 Å². The predicted molar refractivity (Wildman–Crippen MR) is 144 cm³/mol. The van der Waals surface area contributed by atoms with Crippen LogP contribution >= 0.6 is 23.2 Å². The molecule has 0 spiro atoms. The van der Waals surface area contributed by atoms with Crippen LogP contribution in [0.1, 0.15) is 50.5 Å². The van der Waals surface area contributed by atoms with Crippen LogP contribution in [0.2, 0.25) is 10.0 Å². The van der Waals surface area contributed by atoms with Crippen LogP contribution in [0.5, 0.6) is 0 Å². The summed E-state index contributed by atoms with van der Waals surface area (Å²) in [4.78, 5) is 14.7. The van der Waals surface area contributed by atoms with Crippen molar-refractivity contribution in [3.05, 3.63) is 64.1 Å². The number of nitrogens with zero attached hydrogens (tertiary/aromatic N) is 1. The number of halogens is 2. The minimum Gasteiger partial charge on any atom is -0.375 e. The molecule has 198 valence electrons. The Hall–Kier alpha value is -1.84. The average molecular weight is 557 g/mol. The van der Waals surface area contributed by atoms with Gasteiger partial charge in [-0.2, -0.15) is 0 Å². The largest absolute Gasteiger partial charge is 0.375 e. The molecule has 0 radical (unpaired) electrons. The molecule has 0 bridgehead atoms. The Morgan fingerprint density at radius 3 is 2.47 bits per heavy atom. The van der Waals surface area contributed by atoms with Gasteiger partial charge in [0.15, 0.2) is 0 Å². The Morgan fingerprint density at radius 2 is 1.75 bits per heavy atom. The highest BCUT2D eigenvalue weighted by atomic mass is 35.5. The molecule has 1 fully saturated rings. The van der Waals surface area contributed by atoms with Crippen LogP contribution in [0.25, 0.3) is 0 Å². The zero-order chi connectivity index (χ0) is 25.8. The Kier molecular flexibility index (Phi) is 11.8. The standard InChI is InChI=1S/C26H35Cl2N3O4S/c27-22-13-14-25(24(28)19-22)36(33,34)29-15-7-8-16-31(26(32)30-23-11-5-2-6-12-23)17-18-35-20-21-9-3-1-4-10-21/h1,3-4,9-10,13-14,19,23,29H,2,5-8,11-12,15-18,20H2,(H,30,32). The first-order valence-electron chi connectivity index (χ1n) is 12.5. The zero-order valence-corrected chi connectivity index (χ0v) is 22.8. The minimum absolute atomic E-state index is 0.00221. The van der Waals surface area contributed by atoms with E-state index in [1.807, 2.05) is 30.3 Å². The van der Waals surface area contributed by atoms with Gasteiger partial charge in [-0.05, 0) is 49.4 Å². The molecule has 1 saturated carbocycles. The van der Waals surface area contributed by atoms with Crippen molar-refractivity contribution in [2.24, 2.45) is 0 Å². The molecule has 2 N–H and O–H groups in total. The molecule has 10 heteroatoms. The average Bonchev–Trinajstić information content (AvgIpc) is 2.86. The lowest BCUT2D eigenvalue weighted by Gasteiger charge is -2.28. The van der Waals surface area contributed by atoms with Gasteiger partial charge < -0.3 is 15.0 Å². The van der Waals surface area contributed by atoms with E-state index in [-0.39, 0.29) is 28.5 Å². The molecular weight excluding hydrogens is 521 g/mol. The van der Waals surface area contributed by atoms with Crippen molar-refractivity contribution in [1.82, 2.24) is 14.9 Å². The van der Waals surface area contributed by atoms with E-state index in [1.165, 1.54) is 24.6 Å². The molecule has 0 aliphatic heterocycles. The fourth-order valence-corrected chi connectivity index (χ4v) is 6.02. The second-order valence-electron chi connectivity index (χ2n) is 8.99. The fourth-order valence-electron chi connectivity index (χ4n) is 4.17. The Balaban J connectivity index is 1.46. The Morgan fingerprint density at radius 1 is 1.00 bits per heavy atom. The van der Waals surface area contributed by atoms with Gasteiger partial charge in [0, 0.05) is 30.7 Å². The maximum Gasteiger partial charge on any atom is 0.317 e. The van der Waals surface area contributed by atoms with E-state index in [9.17, 15) is 13.2 Å². The molecular formula is C26H35Cl2N3O4S. The summed E-state index contributed by atoms with van der Waals surface area (Å²) in [5.74, 6) is 0. The molecule has 1 aliphatic rings. The molecule has 0 atom stereocenters. The number of carbonyl (C=O) groups excluding carboxylic acids is 1. The minimum atomic E-state index is -3.74. The molecule has 7 nitrogen and oxygen atoms in total. The maximum absolute atomic E-state index is 13.0. The van der Waals surface area contributed by atoms with E-state index < -0.39 is 10.0 Å². The van der Waals surface area contributed by atoms with Crippen LogP contribution in [0.3, 0.4) is 0 Å². The first-order valence-corrected chi connectivity index (χ1v) is 14.7. The number of sulfonamides is 1. The van der Waals surface area contributed by atoms with E-state index in [1.54, 1.807) is 4.90 Å². The fraction of sp³-hybridized carbons (Fsp3) is 0.500. The number of urea groups is 1. The first kappa shape index (κ1) is 28.7. The van der Waals surface area contributed by atoms with Crippen LogP contribution in [-0.4, -0.2) is 51.6 Å². The lowest BCUT2D eigenvalue weighted by Crippen LogP contribution is -2.47. The molecule has 3 rings (SSSR count). The third-order valence-electron chi connectivity index (χ3n) is 6.17. The van der Waals surface area contributed by atoms with Gasteiger partial charge in [-0.15, -0.1) is 0 Å². The SMILES string of the molecule is O=C(NC1CCCCC1)N(CCCCNS(=O)(=O)c1ccc(Cl)cc1Cl)CCOCc1ccccc1. The molecule has 2 aromatic carbocycles. The van der Waals surface area contributed by atoms with E-state index in [2.05, 4.69) is 10.0 Å². The quantitative estimate of drug-likeness (QED) is 0.314. The lowest BCUT2D eigenvalue weighted by molar-refractivity contribution is 0.0973. The molecule has 36 heavy (non-hydrogen) atoms. The normalized spacial score (nSPS) is 14.5. The Bertz CT molecular complexity index is 1060. The first-order chi connectivity index (χ1) is 17.3. The summed E-state index contributed by atoms with van der Waals surface area (Å²) in [6.07, 6.45) is 6.75. The van der Waals surface area contributed by atoms with Crippen LogP contribution < -0.4 is 10.0 Å². The van der Waals surface area contributed by atoms with Gasteiger partial charge >= 0.3 is 6.03 Å². The van der Waals surface area contributed by atoms with Crippen LogP contribution in [-0.2, 0) is 21.4 Å². The summed E-state index contributed by atoms with van der Waals surface area (Å²) in [6.45, 7) is 2.14. The molecule has 2 aromatic rings. The van der Waals surface area contributed by atoms with Crippen molar-refractivity contribution in [1.29, 1.82) is 0 Å². The summed E-state index contributed by atoms with van der Waals surface area (Å²) in [6, 6.07) is 14.3. The monoisotopic (exact) mass is 555 g/mol. The van der Waals surface area contributed by atoms with Crippen molar-refractivity contribution in [3.63, 3.8) is 0 Å². The number of hydrogen-bond donors (Lipinski definition) is 2. The van der Waals surface area contributed by atoms with Crippen LogP contribution in [0.15, 0.2) is 53.4 Å². The summed E-state index contributed by atoms with van der Waals surface area (Å²) in [7, 11) is -3.74. The predicted octanol–water partition coefficient (Wildman–Crippen LogP) is 5.61. The summed E-state index contributed by atoms with van der Waals surface area (Å²) in [5, 5.41) is 3.62. The van der Waals surface area contributed by atoms with Gasteiger partial charge in [-0.3, -0.25) is 0 Å². The number of nitrogens with one attached hydrogen (secondary N) is 2. The summed E-state index contributed by atoms with van der Waals surface area (Å²) in [5.41, 5.74) is 1.09. The number of hydrogen-bond acceptors (Lipinski definition) is 4. The molecule has 2 amide bonds. The van der Waals surface area contributed by atoms with E-state index in [0.29, 0.717) is 44.2 Å². The smallest absolute Gasteiger partial charge is 0.317 e. The van der Waals surface area contributed by atoms with Gasteiger partial charge in [0.25, 0.3) is 0 Å². The van der Waals surface area contributed by atoms with Gasteiger partial charge in [0.2, 0.25) is 10.0 Å². The molecule has 0 unspecified atom stereocenters. The number of rotatable bonds is 13. The van der Waals surface area contributed by atoms with E-state index in [0.717, 1.165) is 31.2 Å². The molecule has 0 saturated heterocycles. The Labute approximate surface area is 224 Å². The summed E-state index contributed by atoms with van der Waals surface area (Å²) < 4.78 is 33.5. The second-order valence-corrected chi connectivity index (χ2v) is 11.6. The van der Waals surface area contributed by atoms with Gasteiger partial charge in [-0.25, -0.2) is 17.9 Å². The summed E-state index contributed by atoms with van der Waals surface area (Å²) >= 11 is 11.9. The van der Waals surface area contributed by atoms with Gasteiger partial charge in [-0.1, -0.05) is 72.8 Å². The van der Waals surface area contributed by atoms with Crippen molar-refractivity contribution < 1.29 is 17.9 Å². The molecule has 1 aliphatic carbocycles. The highest BCUT2D eigenvalue weighted by molar-refractivity contribution is 7.89. The van der Waals surface area contributed by atoms with Crippen molar-refractivity contribution in [2.45, 2.75) is 62.5 Å². The number of amides is 2. The van der Waals surface area contributed by atoms with Crippen LogP contribution in [0.4, 0.5) is 4.79 Å². The van der Waals surface area contributed by atoms with E-state index >= 15 is 0 Å². The maximum atomic E-state index is 13.0. The number of unbranched alkanes of at least 4 members (excludes halogenated alkanes) is 1. The van der Waals surface area contributed by atoms with Crippen molar-refractivity contribution in [2.75, 3.05) is 26.2 Å². The number of ether oxygens (including phenoxy) is 1. The van der Waals surface area contributed by atoms with Crippen LogP contribution in [0, 0.1) is 0 Å². The van der Waals surface area contributed by atoms with Gasteiger partial charge in [0.1, 0.15) is 4.90 Å². The molecule has 0 aromatic heterocycles.